The van der Waals surface area contributed by atoms with E-state index in [1.807, 2.05) is 30.5 Å². The maximum atomic E-state index is 12.1. The fraction of sp³-hybridized carbons (Fsp3) is 0.467. The molecule has 0 saturated heterocycles. The van der Waals surface area contributed by atoms with Gasteiger partial charge in [-0.3, -0.25) is 0 Å². The molecule has 0 aliphatic rings. The van der Waals surface area contributed by atoms with Crippen LogP contribution in [0.5, 0.6) is 0 Å². The molecule has 2 rings (SSSR count). The zero-order valence-electron chi connectivity index (χ0n) is 11.9. The van der Waals surface area contributed by atoms with E-state index in [1.165, 1.54) is 0 Å². The lowest BCUT2D eigenvalue weighted by Crippen LogP contribution is -2.15. The number of hydrogen-bond donors (Lipinski definition) is 0. The Labute approximate surface area is 115 Å². The molecular formula is C15H21NO2S. The predicted octanol–water partition coefficient (Wildman–Crippen LogP) is 3.55. The lowest BCUT2D eigenvalue weighted by Gasteiger charge is -2.08. The summed E-state index contributed by atoms with van der Waals surface area (Å²) in [6.45, 7) is 7.67. The van der Waals surface area contributed by atoms with E-state index in [4.69, 9.17) is 0 Å². The van der Waals surface area contributed by atoms with Crippen LogP contribution >= 0.6 is 0 Å². The van der Waals surface area contributed by atoms with Crippen molar-refractivity contribution in [2.75, 3.05) is 0 Å². The second-order valence-corrected chi connectivity index (χ2v) is 8.09. The molecule has 1 aromatic carbocycles. The van der Waals surface area contributed by atoms with E-state index >= 15 is 0 Å². The van der Waals surface area contributed by atoms with Gasteiger partial charge in [0.1, 0.15) is 0 Å². The van der Waals surface area contributed by atoms with Crippen molar-refractivity contribution in [3.05, 3.63) is 36.0 Å². The minimum Gasteiger partial charge on any atom is -0.345 e. The lowest BCUT2D eigenvalue weighted by atomic mass is 10.2. The summed E-state index contributed by atoms with van der Waals surface area (Å²) in [5.74, 6) is 0.116. The number of para-hydroxylation sites is 1. The van der Waals surface area contributed by atoms with Crippen LogP contribution in [0.4, 0.5) is 0 Å². The number of fused-ring (bicyclic) bond motifs is 1. The Bertz CT molecular complexity index is 681. The third-order valence-electron chi connectivity index (χ3n) is 3.45. The van der Waals surface area contributed by atoms with Gasteiger partial charge in [0.25, 0.3) is 0 Å². The molecule has 0 amide bonds. The van der Waals surface area contributed by atoms with Gasteiger partial charge in [0.05, 0.1) is 11.0 Å². The Kier molecular flexibility index (Phi) is 3.72. The molecule has 3 nitrogen and oxygen atoms in total. The summed E-state index contributed by atoms with van der Waals surface area (Å²) in [7, 11) is -3.07. The van der Waals surface area contributed by atoms with Crippen LogP contribution in [0, 0.1) is 0 Å². The van der Waals surface area contributed by atoms with Gasteiger partial charge in [0.15, 0.2) is 9.84 Å². The molecule has 2 aromatic rings. The Hall–Kier alpha value is -1.29. The number of rotatable bonds is 4. The quantitative estimate of drug-likeness (QED) is 0.858. The van der Waals surface area contributed by atoms with E-state index in [2.05, 4.69) is 18.4 Å². The Morgan fingerprint density at radius 1 is 1.11 bits per heavy atom. The van der Waals surface area contributed by atoms with Crippen molar-refractivity contribution in [3.63, 3.8) is 0 Å². The fourth-order valence-electron chi connectivity index (χ4n) is 2.20. The predicted molar refractivity (Wildman–Crippen MR) is 80.1 cm³/mol. The summed E-state index contributed by atoms with van der Waals surface area (Å²) in [6, 6.07) is 8.31. The molecule has 0 aliphatic heterocycles. The summed E-state index contributed by atoms with van der Waals surface area (Å²) < 4.78 is 26.4. The second-order valence-electron chi connectivity index (χ2n) is 5.53. The van der Waals surface area contributed by atoms with Gasteiger partial charge >= 0.3 is 0 Å². The average Bonchev–Trinajstić information content (AvgIpc) is 2.68. The molecule has 4 heteroatoms. The monoisotopic (exact) mass is 279 g/mol. The summed E-state index contributed by atoms with van der Waals surface area (Å²) in [4.78, 5) is 0. The highest BCUT2D eigenvalue weighted by atomic mass is 32.2. The smallest absolute Gasteiger partial charge is 0.156 e. The van der Waals surface area contributed by atoms with Gasteiger partial charge in [0, 0.05) is 23.1 Å². The summed E-state index contributed by atoms with van der Waals surface area (Å²) >= 11 is 0. The van der Waals surface area contributed by atoms with E-state index in [0.29, 0.717) is 6.04 Å². The SMILES string of the molecule is CC(C)n1cc(CS(=O)(=O)C(C)C)c2ccccc21. The highest BCUT2D eigenvalue weighted by Crippen LogP contribution is 2.26. The molecule has 0 bridgehead atoms. The molecular weight excluding hydrogens is 258 g/mol. The van der Waals surface area contributed by atoms with Crippen molar-refractivity contribution >= 4 is 20.7 Å². The first kappa shape index (κ1) is 14.1. The molecule has 0 saturated carbocycles. The molecule has 0 fully saturated rings. The molecule has 0 aliphatic carbocycles. The highest BCUT2D eigenvalue weighted by Gasteiger charge is 2.20. The van der Waals surface area contributed by atoms with Crippen molar-refractivity contribution in [3.8, 4) is 0 Å². The first-order valence-electron chi connectivity index (χ1n) is 6.63. The van der Waals surface area contributed by atoms with Gasteiger partial charge in [-0.1, -0.05) is 18.2 Å². The van der Waals surface area contributed by atoms with Crippen LogP contribution in [-0.2, 0) is 15.6 Å². The molecule has 0 unspecified atom stereocenters. The number of hydrogen-bond acceptors (Lipinski definition) is 2. The Morgan fingerprint density at radius 3 is 2.32 bits per heavy atom. The van der Waals surface area contributed by atoms with Gasteiger partial charge in [-0.2, -0.15) is 0 Å². The van der Waals surface area contributed by atoms with Gasteiger partial charge in [0.2, 0.25) is 0 Å². The topological polar surface area (TPSA) is 39.1 Å². The minimum absolute atomic E-state index is 0.116. The zero-order chi connectivity index (χ0) is 14.2. The van der Waals surface area contributed by atoms with Crippen molar-refractivity contribution in [1.82, 2.24) is 4.57 Å². The Morgan fingerprint density at radius 2 is 1.74 bits per heavy atom. The van der Waals surface area contributed by atoms with Crippen LogP contribution in [0.2, 0.25) is 0 Å². The second kappa shape index (κ2) is 5.00. The van der Waals surface area contributed by atoms with Crippen LogP contribution < -0.4 is 0 Å². The number of sulfone groups is 1. The zero-order valence-corrected chi connectivity index (χ0v) is 12.7. The van der Waals surface area contributed by atoms with E-state index in [0.717, 1.165) is 16.5 Å². The molecule has 0 radical (unpaired) electrons. The number of nitrogens with zero attached hydrogens (tertiary/aromatic N) is 1. The van der Waals surface area contributed by atoms with Gasteiger partial charge in [-0.05, 0) is 39.3 Å². The highest BCUT2D eigenvalue weighted by molar-refractivity contribution is 7.91. The number of benzene rings is 1. The van der Waals surface area contributed by atoms with Crippen LogP contribution in [0.3, 0.4) is 0 Å². The lowest BCUT2D eigenvalue weighted by molar-refractivity contribution is 0.586. The largest absolute Gasteiger partial charge is 0.345 e. The van der Waals surface area contributed by atoms with Crippen LogP contribution in [0.15, 0.2) is 30.5 Å². The van der Waals surface area contributed by atoms with Gasteiger partial charge < -0.3 is 4.57 Å². The van der Waals surface area contributed by atoms with Crippen LogP contribution in [0.1, 0.15) is 39.3 Å². The first-order valence-corrected chi connectivity index (χ1v) is 8.34. The molecule has 104 valence electrons. The molecule has 0 spiro atoms. The molecule has 1 aromatic heterocycles. The van der Waals surface area contributed by atoms with E-state index in [1.54, 1.807) is 13.8 Å². The van der Waals surface area contributed by atoms with Gasteiger partial charge in [-0.15, -0.1) is 0 Å². The summed E-state index contributed by atoms with van der Waals surface area (Å²) in [6.07, 6.45) is 1.98. The van der Waals surface area contributed by atoms with E-state index < -0.39 is 9.84 Å². The van der Waals surface area contributed by atoms with Crippen molar-refractivity contribution in [2.24, 2.45) is 0 Å². The normalized spacial score (nSPS) is 12.7. The molecule has 19 heavy (non-hydrogen) atoms. The van der Waals surface area contributed by atoms with Crippen molar-refractivity contribution in [1.29, 1.82) is 0 Å². The number of aromatic nitrogens is 1. The van der Waals surface area contributed by atoms with Crippen LogP contribution in [-0.4, -0.2) is 18.2 Å². The maximum Gasteiger partial charge on any atom is 0.156 e. The Balaban J connectivity index is 2.56. The molecule has 1 heterocycles. The molecule has 0 N–H and O–H groups in total. The third-order valence-corrected chi connectivity index (χ3v) is 5.60. The maximum absolute atomic E-state index is 12.1. The van der Waals surface area contributed by atoms with E-state index in [-0.39, 0.29) is 11.0 Å². The minimum atomic E-state index is -3.07. The fourth-order valence-corrected chi connectivity index (χ4v) is 3.20. The summed E-state index contributed by atoms with van der Waals surface area (Å²) in [5, 5.41) is 0.703. The van der Waals surface area contributed by atoms with Gasteiger partial charge in [-0.25, -0.2) is 8.42 Å². The third kappa shape index (κ3) is 2.68. The standard InChI is InChI=1S/C15H21NO2S/c1-11(2)16-9-13(10-19(17,18)12(3)4)14-7-5-6-8-15(14)16/h5-9,11-12H,10H2,1-4H3. The molecule has 0 atom stereocenters. The van der Waals surface area contributed by atoms with E-state index in [9.17, 15) is 8.42 Å². The summed E-state index contributed by atoms with van der Waals surface area (Å²) in [5.41, 5.74) is 2.00. The first-order chi connectivity index (χ1) is 8.83. The van der Waals surface area contributed by atoms with Crippen LogP contribution in [0.25, 0.3) is 10.9 Å². The van der Waals surface area contributed by atoms with Crippen molar-refractivity contribution in [2.45, 2.75) is 44.7 Å². The average molecular weight is 279 g/mol. The van der Waals surface area contributed by atoms with Crippen molar-refractivity contribution < 1.29 is 8.42 Å².